The fraction of sp³-hybridized carbons (Fsp3) is 1.00. The van der Waals surface area contributed by atoms with Crippen LogP contribution in [0.25, 0.3) is 0 Å². The molecular formula is C12H24O2. The molecule has 1 aliphatic heterocycles. The van der Waals surface area contributed by atoms with E-state index in [0.717, 1.165) is 6.42 Å². The van der Waals surface area contributed by atoms with Crippen molar-refractivity contribution in [2.24, 2.45) is 11.8 Å². The minimum atomic E-state index is -0.400. The SMILES string of the molecule is CCC(C)C1OC(C)(C)OC1C(C)C. The first kappa shape index (κ1) is 12.0. The van der Waals surface area contributed by atoms with Gasteiger partial charge < -0.3 is 9.47 Å². The highest BCUT2D eigenvalue weighted by atomic mass is 16.8. The largest absolute Gasteiger partial charge is 0.344 e. The summed E-state index contributed by atoms with van der Waals surface area (Å²) in [4.78, 5) is 0. The van der Waals surface area contributed by atoms with Crippen molar-refractivity contribution in [2.75, 3.05) is 0 Å². The Labute approximate surface area is 88.0 Å². The van der Waals surface area contributed by atoms with Crippen molar-refractivity contribution in [1.29, 1.82) is 0 Å². The molecule has 1 saturated heterocycles. The highest BCUT2D eigenvalue weighted by molar-refractivity contribution is 4.86. The Hall–Kier alpha value is -0.0800. The van der Waals surface area contributed by atoms with Crippen LogP contribution in [-0.2, 0) is 9.47 Å². The quantitative estimate of drug-likeness (QED) is 0.696. The average molecular weight is 200 g/mol. The van der Waals surface area contributed by atoms with Crippen molar-refractivity contribution < 1.29 is 9.47 Å². The Balaban J connectivity index is 2.72. The molecule has 14 heavy (non-hydrogen) atoms. The molecule has 1 fully saturated rings. The van der Waals surface area contributed by atoms with Gasteiger partial charge in [-0.05, 0) is 25.7 Å². The molecule has 1 rings (SSSR count). The summed E-state index contributed by atoms with van der Waals surface area (Å²) in [6.07, 6.45) is 1.66. The van der Waals surface area contributed by atoms with Crippen LogP contribution in [0.4, 0.5) is 0 Å². The van der Waals surface area contributed by atoms with E-state index in [1.165, 1.54) is 0 Å². The molecule has 0 N–H and O–H groups in total. The number of ether oxygens (including phenoxy) is 2. The molecule has 0 aromatic carbocycles. The number of hydrogen-bond acceptors (Lipinski definition) is 2. The van der Waals surface area contributed by atoms with Crippen LogP contribution in [0.15, 0.2) is 0 Å². The molecule has 1 heterocycles. The molecule has 2 heteroatoms. The number of hydrogen-bond donors (Lipinski definition) is 0. The first-order chi connectivity index (χ1) is 6.37. The van der Waals surface area contributed by atoms with Gasteiger partial charge in [0.25, 0.3) is 0 Å². The minimum absolute atomic E-state index is 0.250. The lowest BCUT2D eigenvalue weighted by Gasteiger charge is -2.24. The minimum Gasteiger partial charge on any atom is -0.344 e. The monoisotopic (exact) mass is 200 g/mol. The van der Waals surface area contributed by atoms with Crippen molar-refractivity contribution >= 4 is 0 Å². The van der Waals surface area contributed by atoms with E-state index in [0.29, 0.717) is 11.8 Å². The molecule has 2 nitrogen and oxygen atoms in total. The van der Waals surface area contributed by atoms with Gasteiger partial charge in [0.15, 0.2) is 5.79 Å². The summed E-state index contributed by atoms with van der Waals surface area (Å²) in [5.41, 5.74) is 0. The van der Waals surface area contributed by atoms with Gasteiger partial charge in [0.1, 0.15) is 0 Å². The first-order valence-corrected chi connectivity index (χ1v) is 5.73. The first-order valence-electron chi connectivity index (χ1n) is 5.73. The highest BCUT2D eigenvalue weighted by Crippen LogP contribution is 2.36. The highest BCUT2D eigenvalue weighted by Gasteiger charge is 2.44. The Morgan fingerprint density at radius 1 is 1.07 bits per heavy atom. The third-order valence-electron chi connectivity index (χ3n) is 3.03. The van der Waals surface area contributed by atoms with Gasteiger partial charge >= 0.3 is 0 Å². The van der Waals surface area contributed by atoms with Crippen LogP contribution >= 0.6 is 0 Å². The van der Waals surface area contributed by atoms with Gasteiger partial charge in [0.2, 0.25) is 0 Å². The van der Waals surface area contributed by atoms with E-state index in [-0.39, 0.29) is 12.2 Å². The second kappa shape index (κ2) is 4.19. The predicted molar refractivity (Wildman–Crippen MR) is 58.1 cm³/mol. The van der Waals surface area contributed by atoms with Crippen molar-refractivity contribution in [1.82, 2.24) is 0 Å². The van der Waals surface area contributed by atoms with Gasteiger partial charge in [0, 0.05) is 0 Å². The van der Waals surface area contributed by atoms with E-state index < -0.39 is 5.79 Å². The van der Waals surface area contributed by atoms with Crippen molar-refractivity contribution in [3.63, 3.8) is 0 Å². The molecule has 0 saturated carbocycles. The maximum Gasteiger partial charge on any atom is 0.163 e. The lowest BCUT2D eigenvalue weighted by atomic mass is 9.91. The van der Waals surface area contributed by atoms with Crippen LogP contribution in [0.3, 0.4) is 0 Å². The molecule has 0 aromatic rings. The Kier molecular flexibility index (Phi) is 3.59. The molecule has 1 aliphatic rings. The summed E-state index contributed by atoms with van der Waals surface area (Å²) in [5, 5.41) is 0. The molecule has 0 aromatic heterocycles. The Morgan fingerprint density at radius 3 is 2.00 bits per heavy atom. The number of rotatable bonds is 3. The topological polar surface area (TPSA) is 18.5 Å². The zero-order chi connectivity index (χ0) is 10.9. The summed E-state index contributed by atoms with van der Waals surface area (Å²) in [6, 6.07) is 0. The molecule has 0 spiro atoms. The molecule has 0 aliphatic carbocycles. The van der Waals surface area contributed by atoms with Crippen molar-refractivity contribution in [2.45, 2.75) is 66.0 Å². The third-order valence-corrected chi connectivity index (χ3v) is 3.03. The molecule has 84 valence electrons. The molecule has 0 radical (unpaired) electrons. The smallest absolute Gasteiger partial charge is 0.163 e. The van der Waals surface area contributed by atoms with Crippen LogP contribution < -0.4 is 0 Å². The van der Waals surface area contributed by atoms with Gasteiger partial charge in [0.05, 0.1) is 12.2 Å². The van der Waals surface area contributed by atoms with Crippen LogP contribution in [0.1, 0.15) is 48.0 Å². The van der Waals surface area contributed by atoms with Crippen LogP contribution in [-0.4, -0.2) is 18.0 Å². The van der Waals surface area contributed by atoms with Gasteiger partial charge in [-0.1, -0.05) is 34.1 Å². The maximum absolute atomic E-state index is 5.95. The maximum atomic E-state index is 5.95. The molecular weight excluding hydrogens is 176 g/mol. The van der Waals surface area contributed by atoms with E-state index in [1.54, 1.807) is 0 Å². The normalized spacial score (nSPS) is 33.6. The second-order valence-corrected chi connectivity index (χ2v) is 5.19. The summed E-state index contributed by atoms with van der Waals surface area (Å²) >= 11 is 0. The van der Waals surface area contributed by atoms with Gasteiger partial charge in [-0.15, -0.1) is 0 Å². The Bertz CT molecular complexity index is 187. The summed E-state index contributed by atoms with van der Waals surface area (Å²) in [5.74, 6) is 0.697. The van der Waals surface area contributed by atoms with Gasteiger partial charge in [-0.2, -0.15) is 0 Å². The van der Waals surface area contributed by atoms with Crippen LogP contribution in [0.2, 0.25) is 0 Å². The molecule has 0 bridgehead atoms. The standard InChI is InChI=1S/C12H24O2/c1-7-9(4)11-10(8(2)3)13-12(5,6)14-11/h8-11H,7H2,1-6H3. The van der Waals surface area contributed by atoms with E-state index in [4.69, 9.17) is 9.47 Å². The predicted octanol–water partition coefficient (Wildman–Crippen LogP) is 3.21. The van der Waals surface area contributed by atoms with E-state index in [2.05, 4.69) is 27.7 Å². The van der Waals surface area contributed by atoms with Crippen LogP contribution in [0, 0.1) is 11.8 Å². The van der Waals surface area contributed by atoms with E-state index in [1.807, 2.05) is 13.8 Å². The summed E-state index contributed by atoms with van der Waals surface area (Å²) < 4.78 is 11.9. The molecule has 0 amide bonds. The average Bonchev–Trinajstić information content (AvgIpc) is 2.40. The lowest BCUT2D eigenvalue weighted by molar-refractivity contribution is -0.152. The van der Waals surface area contributed by atoms with E-state index >= 15 is 0 Å². The van der Waals surface area contributed by atoms with Crippen molar-refractivity contribution in [3.05, 3.63) is 0 Å². The van der Waals surface area contributed by atoms with E-state index in [9.17, 15) is 0 Å². The Morgan fingerprint density at radius 2 is 1.57 bits per heavy atom. The zero-order valence-electron chi connectivity index (χ0n) is 10.3. The van der Waals surface area contributed by atoms with Crippen molar-refractivity contribution in [3.8, 4) is 0 Å². The van der Waals surface area contributed by atoms with Crippen LogP contribution in [0.5, 0.6) is 0 Å². The summed E-state index contributed by atoms with van der Waals surface area (Å²) in [7, 11) is 0. The third kappa shape index (κ3) is 2.48. The fourth-order valence-corrected chi connectivity index (χ4v) is 2.01. The fourth-order valence-electron chi connectivity index (χ4n) is 2.01. The lowest BCUT2D eigenvalue weighted by Crippen LogP contribution is -2.32. The molecule has 3 atom stereocenters. The second-order valence-electron chi connectivity index (χ2n) is 5.19. The van der Waals surface area contributed by atoms with Gasteiger partial charge in [-0.25, -0.2) is 0 Å². The summed E-state index contributed by atoms with van der Waals surface area (Å²) in [6.45, 7) is 12.9. The molecule has 3 unspecified atom stereocenters. The zero-order valence-corrected chi connectivity index (χ0v) is 10.3. The van der Waals surface area contributed by atoms with Gasteiger partial charge in [-0.3, -0.25) is 0 Å².